The molecule has 1 saturated heterocycles. The number of piperazine rings is 1. The number of carbonyl (C=O) groups excluding carboxylic acids is 2. The van der Waals surface area contributed by atoms with E-state index in [0.29, 0.717) is 18.8 Å². The van der Waals surface area contributed by atoms with Crippen LogP contribution in [0.5, 0.6) is 5.75 Å². The lowest BCUT2D eigenvalue weighted by Crippen LogP contribution is -2.54. The Labute approximate surface area is 260 Å². The molecule has 0 radical (unpaired) electrons. The molecule has 0 unspecified atom stereocenters. The molecule has 2 aromatic carbocycles. The van der Waals surface area contributed by atoms with Crippen LogP contribution in [0.1, 0.15) is 68.0 Å². The number of methoxy groups -OCH3 is 1. The zero-order chi connectivity index (χ0) is 31.1. The van der Waals surface area contributed by atoms with Gasteiger partial charge in [-0.2, -0.15) is 0 Å². The van der Waals surface area contributed by atoms with Crippen molar-refractivity contribution >= 4 is 17.7 Å². The van der Waals surface area contributed by atoms with Gasteiger partial charge in [0.1, 0.15) is 5.75 Å². The maximum atomic E-state index is 14.3. The van der Waals surface area contributed by atoms with Gasteiger partial charge in [0.25, 0.3) is 5.91 Å². The highest BCUT2D eigenvalue weighted by Crippen LogP contribution is 2.35. The van der Waals surface area contributed by atoms with E-state index in [-0.39, 0.29) is 30.1 Å². The fourth-order valence-corrected chi connectivity index (χ4v) is 6.38. The molecule has 1 aliphatic heterocycles. The number of ether oxygens (including phenoxy) is 2. The Balaban J connectivity index is 1.39. The Morgan fingerprint density at radius 3 is 2.68 bits per heavy atom. The normalized spacial score (nSPS) is 20.3. The molecule has 3 N–H and O–H groups in total. The number of alkyl carbamates (subject to hydrolysis) is 1. The number of hydrogen-bond donors (Lipinski definition) is 3. The van der Waals surface area contributed by atoms with Crippen molar-refractivity contribution in [3.63, 3.8) is 0 Å². The van der Waals surface area contributed by atoms with Crippen LogP contribution in [-0.4, -0.2) is 77.9 Å². The summed E-state index contributed by atoms with van der Waals surface area (Å²) in [5, 5.41) is 10.1. The average molecular weight is 603 g/mol. The van der Waals surface area contributed by atoms with E-state index in [1.54, 1.807) is 13.4 Å². The number of benzene rings is 2. The van der Waals surface area contributed by atoms with E-state index in [1.807, 2.05) is 67.3 Å². The lowest BCUT2D eigenvalue weighted by molar-refractivity contribution is 0.0624. The molecular formula is C34H46N6O4. The Bertz CT molecular complexity index is 1410. The number of imidazole rings is 1. The summed E-state index contributed by atoms with van der Waals surface area (Å²) in [4.78, 5) is 33.7. The standard InChI is InChI=1S/C34H46N6O4/c1-23(2)44-34(42)38-28-12-8-9-13-30(28)40-22-37-31(32(40)25-10-6-5-7-11-25)33(41)39-19-18-35-21-26(39)16-17-36-29-20-27(43-4)15-14-24(29)3/h5-7,10-11,14-15,20,22-23,26,28,30,35-36H,8-9,12-13,16-19,21H2,1-4H3,(H,38,42)/t26-,28+,30+/m1/s1. The summed E-state index contributed by atoms with van der Waals surface area (Å²) in [6.45, 7) is 8.54. The smallest absolute Gasteiger partial charge is 0.407 e. The molecule has 0 spiro atoms. The van der Waals surface area contributed by atoms with Gasteiger partial charge >= 0.3 is 6.09 Å². The molecule has 2 aliphatic rings. The Morgan fingerprint density at radius 1 is 1.11 bits per heavy atom. The first-order valence-corrected chi connectivity index (χ1v) is 15.8. The van der Waals surface area contributed by atoms with E-state index in [9.17, 15) is 9.59 Å². The Hall–Kier alpha value is -4.05. The zero-order valence-corrected chi connectivity index (χ0v) is 26.3. The second kappa shape index (κ2) is 14.6. The minimum absolute atomic E-state index is 0.0123. The molecule has 2 heterocycles. The quantitative estimate of drug-likeness (QED) is 0.285. The van der Waals surface area contributed by atoms with Gasteiger partial charge in [-0.05, 0) is 51.7 Å². The number of hydrogen-bond acceptors (Lipinski definition) is 7. The van der Waals surface area contributed by atoms with Crippen molar-refractivity contribution in [2.45, 2.75) is 77.1 Å². The van der Waals surface area contributed by atoms with Crippen LogP contribution in [0.4, 0.5) is 10.5 Å². The summed E-state index contributed by atoms with van der Waals surface area (Å²) in [6, 6.07) is 15.9. The van der Waals surface area contributed by atoms with E-state index in [1.165, 1.54) is 0 Å². The highest BCUT2D eigenvalue weighted by atomic mass is 16.6. The zero-order valence-electron chi connectivity index (χ0n) is 26.3. The number of nitrogens with zero attached hydrogens (tertiary/aromatic N) is 3. The lowest BCUT2D eigenvalue weighted by atomic mass is 9.89. The third-order valence-electron chi connectivity index (χ3n) is 8.63. The average Bonchev–Trinajstić information content (AvgIpc) is 3.47. The topological polar surface area (TPSA) is 110 Å². The Kier molecular flexibility index (Phi) is 10.4. The monoisotopic (exact) mass is 602 g/mol. The van der Waals surface area contributed by atoms with Crippen molar-refractivity contribution in [1.82, 2.24) is 25.1 Å². The number of carbonyl (C=O) groups is 2. The fraction of sp³-hybridized carbons (Fsp3) is 0.500. The first kappa shape index (κ1) is 31.4. The van der Waals surface area contributed by atoms with E-state index >= 15 is 0 Å². The number of aromatic nitrogens is 2. The molecule has 1 saturated carbocycles. The van der Waals surface area contributed by atoms with Crippen LogP contribution in [0.15, 0.2) is 54.9 Å². The Morgan fingerprint density at radius 2 is 1.91 bits per heavy atom. The number of nitrogens with one attached hydrogen (secondary N) is 3. The van der Waals surface area contributed by atoms with Crippen LogP contribution in [0.2, 0.25) is 0 Å². The van der Waals surface area contributed by atoms with Crippen LogP contribution >= 0.6 is 0 Å². The van der Waals surface area contributed by atoms with Crippen molar-refractivity contribution in [1.29, 1.82) is 0 Å². The molecule has 0 bridgehead atoms. The predicted molar refractivity (Wildman–Crippen MR) is 172 cm³/mol. The maximum absolute atomic E-state index is 14.3. The number of aryl methyl sites for hydroxylation is 1. The van der Waals surface area contributed by atoms with Crippen molar-refractivity contribution in [2.24, 2.45) is 0 Å². The maximum Gasteiger partial charge on any atom is 0.407 e. The highest BCUT2D eigenvalue weighted by molar-refractivity contribution is 5.98. The van der Waals surface area contributed by atoms with Gasteiger partial charge in [-0.3, -0.25) is 4.79 Å². The second-order valence-electron chi connectivity index (χ2n) is 12.0. The molecule has 1 aliphatic carbocycles. The molecule has 3 atom stereocenters. The van der Waals surface area contributed by atoms with Crippen molar-refractivity contribution in [3.05, 3.63) is 66.1 Å². The largest absolute Gasteiger partial charge is 0.497 e. The molecule has 2 amide bonds. The van der Waals surface area contributed by atoms with Gasteiger partial charge < -0.3 is 34.9 Å². The van der Waals surface area contributed by atoms with Gasteiger partial charge in [0.05, 0.1) is 37.3 Å². The van der Waals surface area contributed by atoms with E-state index in [4.69, 9.17) is 14.5 Å². The fourth-order valence-electron chi connectivity index (χ4n) is 6.38. The van der Waals surface area contributed by atoms with Crippen LogP contribution in [-0.2, 0) is 4.74 Å². The van der Waals surface area contributed by atoms with E-state index < -0.39 is 6.09 Å². The van der Waals surface area contributed by atoms with Gasteiger partial charge in [0.15, 0.2) is 5.69 Å². The lowest BCUT2D eigenvalue weighted by Gasteiger charge is -2.36. The minimum Gasteiger partial charge on any atom is -0.497 e. The van der Waals surface area contributed by atoms with Crippen molar-refractivity contribution in [3.8, 4) is 17.0 Å². The van der Waals surface area contributed by atoms with Gasteiger partial charge in [-0.15, -0.1) is 0 Å². The summed E-state index contributed by atoms with van der Waals surface area (Å²) in [6.07, 6.45) is 5.75. The van der Waals surface area contributed by atoms with Gasteiger partial charge in [0, 0.05) is 49.5 Å². The third-order valence-corrected chi connectivity index (χ3v) is 8.63. The third kappa shape index (κ3) is 7.35. The molecular weight excluding hydrogens is 556 g/mol. The van der Waals surface area contributed by atoms with Crippen LogP contribution in [0.3, 0.4) is 0 Å². The summed E-state index contributed by atoms with van der Waals surface area (Å²) < 4.78 is 12.9. The molecule has 5 rings (SSSR count). The molecule has 236 valence electrons. The first-order valence-electron chi connectivity index (χ1n) is 15.8. The molecule has 3 aromatic rings. The second-order valence-corrected chi connectivity index (χ2v) is 12.0. The molecule has 10 nitrogen and oxygen atoms in total. The summed E-state index contributed by atoms with van der Waals surface area (Å²) in [5.74, 6) is 0.747. The molecule has 44 heavy (non-hydrogen) atoms. The number of anilines is 1. The van der Waals surface area contributed by atoms with Gasteiger partial charge in [-0.25, -0.2) is 9.78 Å². The van der Waals surface area contributed by atoms with E-state index in [2.05, 4.69) is 27.4 Å². The van der Waals surface area contributed by atoms with Crippen LogP contribution in [0, 0.1) is 6.92 Å². The number of amides is 2. The van der Waals surface area contributed by atoms with E-state index in [0.717, 1.165) is 73.5 Å². The van der Waals surface area contributed by atoms with Gasteiger partial charge in [0.2, 0.25) is 0 Å². The summed E-state index contributed by atoms with van der Waals surface area (Å²) in [7, 11) is 1.67. The SMILES string of the molecule is COc1ccc(C)c(NCC[C@@H]2CNCCN2C(=O)c2ncn([C@H]3CCCC[C@@H]3NC(=O)OC(C)C)c2-c2ccccc2)c1. The minimum atomic E-state index is -0.406. The molecule has 2 fully saturated rings. The molecule has 10 heteroatoms. The van der Waals surface area contributed by atoms with Crippen molar-refractivity contribution < 1.29 is 19.1 Å². The number of rotatable bonds is 10. The first-order chi connectivity index (χ1) is 21.4. The highest BCUT2D eigenvalue weighted by Gasteiger charge is 2.35. The predicted octanol–water partition coefficient (Wildman–Crippen LogP) is 5.40. The summed E-state index contributed by atoms with van der Waals surface area (Å²) >= 11 is 0. The molecule has 1 aromatic heterocycles. The summed E-state index contributed by atoms with van der Waals surface area (Å²) in [5.41, 5.74) is 4.36. The van der Waals surface area contributed by atoms with Crippen LogP contribution < -0.4 is 20.7 Å². The van der Waals surface area contributed by atoms with Crippen molar-refractivity contribution in [2.75, 3.05) is 38.6 Å². The van der Waals surface area contributed by atoms with Crippen LogP contribution in [0.25, 0.3) is 11.3 Å². The van der Waals surface area contributed by atoms with Gasteiger partial charge in [-0.1, -0.05) is 49.2 Å².